The number of ether oxygens (including phenoxy) is 1. The van der Waals surface area contributed by atoms with E-state index in [-0.39, 0.29) is 6.10 Å². The van der Waals surface area contributed by atoms with E-state index in [1.807, 2.05) is 6.08 Å². The van der Waals surface area contributed by atoms with Gasteiger partial charge in [-0.2, -0.15) is 0 Å². The van der Waals surface area contributed by atoms with Gasteiger partial charge in [0, 0.05) is 0 Å². The summed E-state index contributed by atoms with van der Waals surface area (Å²) in [6.07, 6.45) is 16.5. The number of hydrogen-bond donors (Lipinski definition) is 0. The van der Waals surface area contributed by atoms with Gasteiger partial charge in [0.05, 0.1) is 12.7 Å². The van der Waals surface area contributed by atoms with E-state index < -0.39 is 11.6 Å². The monoisotopic (exact) mass is 376 g/mol. The Morgan fingerprint density at radius 1 is 0.926 bits per heavy atom. The van der Waals surface area contributed by atoms with Crippen molar-refractivity contribution in [3.05, 3.63) is 48.1 Å². The Bertz CT molecular complexity index is 584. The Labute approximate surface area is 163 Å². The van der Waals surface area contributed by atoms with Crippen LogP contribution in [0.5, 0.6) is 0 Å². The summed E-state index contributed by atoms with van der Waals surface area (Å²) in [5.74, 6) is 1.13. The molecule has 0 amide bonds. The van der Waals surface area contributed by atoms with Crippen LogP contribution in [0.25, 0.3) is 0 Å². The molecule has 0 aromatic heterocycles. The lowest BCUT2D eigenvalue weighted by Gasteiger charge is -2.37. The van der Waals surface area contributed by atoms with Crippen LogP contribution >= 0.6 is 0 Å². The highest BCUT2D eigenvalue weighted by Crippen LogP contribution is 2.41. The van der Waals surface area contributed by atoms with E-state index in [9.17, 15) is 8.78 Å². The van der Waals surface area contributed by atoms with Crippen molar-refractivity contribution in [1.82, 2.24) is 0 Å². The molecule has 2 fully saturated rings. The van der Waals surface area contributed by atoms with Crippen LogP contribution in [0.2, 0.25) is 0 Å². The minimum Gasteiger partial charge on any atom is -0.374 e. The fourth-order valence-corrected chi connectivity index (χ4v) is 5.07. The summed E-state index contributed by atoms with van der Waals surface area (Å²) in [5.41, 5.74) is 0.714. The Kier molecular flexibility index (Phi) is 7.87. The molecule has 1 nitrogen and oxygen atoms in total. The molecule has 0 radical (unpaired) electrons. The third-order valence-electron chi connectivity index (χ3n) is 6.77. The molecule has 27 heavy (non-hydrogen) atoms. The highest BCUT2D eigenvalue weighted by molar-refractivity contribution is 5.16. The first-order valence-electron chi connectivity index (χ1n) is 10.8. The van der Waals surface area contributed by atoms with Crippen LogP contribution in [0.4, 0.5) is 8.78 Å². The lowest BCUT2D eigenvalue weighted by molar-refractivity contribution is -0.00296. The lowest BCUT2D eigenvalue weighted by atomic mass is 9.70. The Morgan fingerprint density at radius 2 is 1.59 bits per heavy atom. The molecule has 2 aliphatic carbocycles. The largest absolute Gasteiger partial charge is 0.374 e. The lowest BCUT2D eigenvalue weighted by Crippen LogP contribution is -2.28. The summed E-state index contributed by atoms with van der Waals surface area (Å²) in [6, 6.07) is 4.03. The first kappa shape index (κ1) is 20.5. The summed E-state index contributed by atoms with van der Waals surface area (Å²) >= 11 is 0. The molecule has 150 valence electrons. The number of halogens is 2. The quantitative estimate of drug-likeness (QED) is 0.344. The van der Waals surface area contributed by atoms with E-state index in [2.05, 4.69) is 6.58 Å². The second-order valence-electron chi connectivity index (χ2n) is 8.60. The average molecular weight is 377 g/mol. The third kappa shape index (κ3) is 6.14. The molecule has 0 atom stereocenters. The molecule has 3 rings (SSSR count). The van der Waals surface area contributed by atoms with Gasteiger partial charge in [0.15, 0.2) is 11.6 Å². The molecule has 0 spiro atoms. The van der Waals surface area contributed by atoms with Gasteiger partial charge in [0.25, 0.3) is 0 Å². The van der Waals surface area contributed by atoms with Gasteiger partial charge < -0.3 is 4.74 Å². The normalized spacial score (nSPS) is 28.8. The van der Waals surface area contributed by atoms with Crippen molar-refractivity contribution in [2.24, 2.45) is 17.8 Å². The number of benzene rings is 1. The van der Waals surface area contributed by atoms with Gasteiger partial charge in [0.2, 0.25) is 0 Å². The van der Waals surface area contributed by atoms with E-state index in [1.165, 1.54) is 63.5 Å². The van der Waals surface area contributed by atoms with E-state index in [0.29, 0.717) is 12.2 Å². The summed E-state index contributed by atoms with van der Waals surface area (Å²) in [4.78, 5) is 0. The van der Waals surface area contributed by atoms with Crippen LogP contribution in [0.3, 0.4) is 0 Å². The maximum absolute atomic E-state index is 13.3. The van der Waals surface area contributed by atoms with E-state index in [4.69, 9.17) is 4.74 Å². The van der Waals surface area contributed by atoms with Crippen molar-refractivity contribution >= 4 is 0 Å². The van der Waals surface area contributed by atoms with Gasteiger partial charge in [-0.15, -0.1) is 6.58 Å². The van der Waals surface area contributed by atoms with E-state index >= 15 is 0 Å². The number of rotatable bonds is 8. The van der Waals surface area contributed by atoms with Crippen molar-refractivity contribution < 1.29 is 13.5 Å². The van der Waals surface area contributed by atoms with E-state index in [0.717, 1.165) is 37.0 Å². The highest BCUT2D eigenvalue weighted by Gasteiger charge is 2.31. The summed E-state index contributed by atoms with van der Waals surface area (Å²) < 4.78 is 32.3. The molecule has 0 N–H and O–H groups in total. The van der Waals surface area contributed by atoms with Gasteiger partial charge in [-0.25, -0.2) is 8.78 Å². The predicted molar refractivity (Wildman–Crippen MR) is 106 cm³/mol. The zero-order valence-electron chi connectivity index (χ0n) is 16.5. The van der Waals surface area contributed by atoms with E-state index in [1.54, 1.807) is 6.07 Å². The summed E-state index contributed by atoms with van der Waals surface area (Å²) in [6.45, 7) is 4.20. The molecular formula is C24H34F2O. The second-order valence-corrected chi connectivity index (χ2v) is 8.60. The Morgan fingerprint density at radius 3 is 2.22 bits per heavy atom. The Balaban J connectivity index is 1.34. The zero-order valence-corrected chi connectivity index (χ0v) is 16.5. The zero-order chi connectivity index (χ0) is 19.1. The van der Waals surface area contributed by atoms with Gasteiger partial charge in [-0.1, -0.05) is 31.4 Å². The fourth-order valence-electron chi connectivity index (χ4n) is 5.07. The maximum Gasteiger partial charge on any atom is 0.159 e. The fraction of sp³-hybridized carbons (Fsp3) is 0.667. The molecular weight excluding hydrogens is 342 g/mol. The van der Waals surface area contributed by atoms with Crippen molar-refractivity contribution in [3.63, 3.8) is 0 Å². The summed E-state index contributed by atoms with van der Waals surface area (Å²) in [5, 5.41) is 0. The standard InChI is InChI=1S/C24H34F2O/c1-2-3-4-5-18-6-9-20(10-7-18)21-11-13-22(14-12-21)27-17-19-8-15-23(25)24(26)16-19/h2,8,15-16,18,20-22H,1,3-7,9-14,17H2/t18-,20-,21?,22?. The number of unbranched alkanes of at least 4 members (excludes halogenated alkanes) is 1. The van der Waals surface area contributed by atoms with Gasteiger partial charge in [-0.05, 0) is 86.8 Å². The SMILES string of the molecule is C=CCCC[C@H]1CC[C@H](C2CCC(OCc3ccc(F)c(F)c3)CC2)CC1. The van der Waals surface area contributed by atoms with Crippen molar-refractivity contribution in [2.45, 2.75) is 83.3 Å². The highest BCUT2D eigenvalue weighted by atomic mass is 19.2. The number of allylic oxidation sites excluding steroid dienone is 1. The molecule has 2 saturated carbocycles. The average Bonchev–Trinajstić information content (AvgIpc) is 2.70. The molecule has 0 saturated heterocycles. The molecule has 1 aromatic carbocycles. The molecule has 3 heteroatoms. The molecule has 0 unspecified atom stereocenters. The first-order chi connectivity index (χ1) is 13.2. The summed E-state index contributed by atoms with van der Waals surface area (Å²) in [7, 11) is 0. The van der Waals surface area contributed by atoms with Gasteiger partial charge >= 0.3 is 0 Å². The molecule has 2 aliphatic rings. The molecule has 1 aromatic rings. The maximum atomic E-state index is 13.3. The smallest absolute Gasteiger partial charge is 0.159 e. The van der Waals surface area contributed by atoms with Crippen LogP contribution < -0.4 is 0 Å². The minimum atomic E-state index is -0.797. The molecule has 0 bridgehead atoms. The van der Waals surface area contributed by atoms with Crippen molar-refractivity contribution in [1.29, 1.82) is 0 Å². The first-order valence-corrected chi connectivity index (χ1v) is 10.8. The van der Waals surface area contributed by atoms with Gasteiger partial charge in [0.1, 0.15) is 0 Å². The van der Waals surface area contributed by atoms with Crippen LogP contribution in [0.15, 0.2) is 30.9 Å². The van der Waals surface area contributed by atoms with Crippen LogP contribution in [0, 0.1) is 29.4 Å². The minimum absolute atomic E-state index is 0.268. The van der Waals surface area contributed by atoms with Gasteiger partial charge in [-0.3, -0.25) is 0 Å². The predicted octanol–water partition coefficient (Wildman–Crippen LogP) is 7.20. The molecule has 0 aliphatic heterocycles. The van der Waals surface area contributed by atoms with Crippen molar-refractivity contribution in [2.75, 3.05) is 0 Å². The van der Waals surface area contributed by atoms with Crippen molar-refractivity contribution in [3.8, 4) is 0 Å². The van der Waals surface area contributed by atoms with Crippen LogP contribution in [0.1, 0.15) is 76.2 Å². The number of hydrogen-bond acceptors (Lipinski definition) is 1. The Hall–Kier alpha value is -1.22. The second kappa shape index (κ2) is 10.4. The van der Waals surface area contributed by atoms with Crippen LogP contribution in [-0.2, 0) is 11.3 Å². The third-order valence-corrected chi connectivity index (χ3v) is 6.77. The topological polar surface area (TPSA) is 9.23 Å². The van der Waals surface area contributed by atoms with Crippen LogP contribution in [-0.4, -0.2) is 6.10 Å². The molecule has 0 heterocycles.